The van der Waals surface area contributed by atoms with Gasteiger partial charge in [0.05, 0.1) is 17.8 Å². The van der Waals surface area contributed by atoms with Crippen molar-refractivity contribution in [3.05, 3.63) is 46.5 Å². The summed E-state index contributed by atoms with van der Waals surface area (Å²) in [5.74, 6) is 0.980. The molecule has 1 N–H and O–H groups in total. The molecule has 2 rings (SSSR count). The molecule has 19 heavy (non-hydrogen) atoms. The number of aromatic nitrogens is 2. The van der Waals surface area contributed by atoms with Gasteiger partial charge in [-0.3, -0.25) is 0 Å². The van der Waals surface area contributed by atoms with Gasteiger partial charge in [-0.2, -0.15) is 5.26 Å². The first kappa shape index (κ1) is 13.6. The maximum absolute atomic E-state index is 9.11. The second-order valence-corrected chi connectivity index (χ2v) is 5.11. The van der Waals surface area contributed by atoms with Gasteiger partial charge in [0.25, 0.3) is 0 Å². The van der Waals surface area contributed by atoms with Gasteiger partial charge in [-0.1, -0.05) is 22.9 Å². The first-order valence-electron chi connectivity index (χ1n) is 6.18. The van der Waals surface area contributed by atoms with Crippen LogP contribution in [-0.2, 0) is 13.1 Å². The van der Waals surface area contributed by atoms with Gasteiger partial charge in [0.2, 0.25) is 0 Å². The summed E-state index contributed by atoms with van der Waals surface area (Å²) < 4.78 is 3.03. The maximum atomic E-state index is 9.11. The molecule has 5 heteroatoms. The first-order chi connectivity index (χ1) is 9.24. The molecule has 0 spiro atoms. The normalized spacial score (nSPS) is 10.2. The number of rotatable bonds is 5. The number of nitrogens with one attached hydrogen (secondary N) is 1. The summed E-state index contributed by atoms with van der Waals surface area (Å²) in [6.07, 6.45) is 4.86. The third kappa shape index (κ3) is 3.36. The number of anilines is 1. The monoisotopic (exact) mass is 318 g/mol. The average molecular weight is 319 g/mol. The molecule has 0 amide bonds. The Hall–Kier alpha value is -1.80. The highest BCUT2D eigenvalue weighted by molar-refractivity contribution is 9.10. The molecule has 4 nitrogen and oxygen atoms in total. The highest BCUT2D eigenvalue weighted by atomic mass is 79.9. The Morgan fingerprint density at radius 3 is 3.05 bits per heavy atom. The SMILES string of the molecule is CCCn1ccnc1CNc1ccc(Br)cc1C#N. The Balaban J connectivity index is 2.10. The number of benzene rings is 1. The minimum atomic E-state index is 0.614. The number of nitrogens with zero attached hydrogens (tertiary/aromatic N) is 3. The molecule has 0 aliphatic heterocycles. The van der Waals surface area contributed by atoms with Crippen LogP contribution < -0.4 is 5.32 Å². The molecule has 1 aromatic heterocycles. The van der Waals surface area contributed by atoms with Crippen LogP contribution in [0.1, 0.15) is 24.7 Å². The molecule has 0 saturated carbocycles. The van der Waals surface area contributed by atoms with Crippen LogP contribution in [0.25, 0.3) is 0 Å². The molecule has 0 aliphatic rings. The van der Waals surface area contributed by atoms with Crippen molar-refractivity contribution in [2.45, 2.75) is 26.4 Å². The predicted molar refractivity (Wildman–Crippen MR) is 78.7 cm³/mol. The summed E-state index contributed by atoms with van der Waals surface area (Å²) in [7, 11) is 0. The fourth-order valence-electron chi connectivity index (χ4n) is 1.89. The number of hydrogen-bond acceptors (Lipinski definition) is 3. The molecule has 0 aliphatic carbocycles. The second kappa shape index (κ2) is 6.39. The molecule has 0 bridgehead atoms. The topological polar surface area (TPSA) is 53.6 Å². The molecule has 0 saturated heterocycles. The van der Waals surface area contributed by atoms with E-state index in [0.29, 0.717) is 12.1 Å². The largest absolute Gasteiger partial charge is 0.377 e. The Kier molecular flexibility index (Phi) is 4.58. The quantitative estimate of drug-likeness (QED) is 0.917. The van der Waals surface area contributed by atoms with Gasteiger partial charge >= 0.3 is 0 Å². The van der Waals surface area contributed by atoms with Gasteiger partial charge in [0.1, 0.15) is 11.9 Å². The van der Waals surface area contributed by atoms with Crippen molar-refractivity contribution < 1.29 is 0 Å². The van der Waals surface area contributed by atoms with E-state index in [0.717, 1.165) is 29.0 Å². The Morgan fingerprint density at radius 1 is 1.47 bits per heavy atom. The van der Waals surface area contributed by atoms with Crippen LogP contribution in [0.3, 0.4) is 0 Å². The highest BCUT2D eigenvalue weighted by Gasteiger charge is 2.05. The van der Waals surface area contributed by atoms with Crippen LogP contribution in [0, 0.1) is 11.3 Å². The van der Waals surface area contributed by atoms with E-state index in [2.05, 4.69) is 43.8 Å². The zero-order valence-electron chi connectivity index (χ0n) is 10.7. The van der Waals surface area contributed by atoms with Crippen molar-refractivity contribution in [3.8, 4) is 6.07 Å². The van der Waals surface area contributed by atoms with E-state index >= 15 is 0 Å². The Bertz CT molecular complexity index is 598. The first-order valence-corrected chi connectivity index (χ1v) is 6.97. The van der Waals surface area contributed by atoms with Crippen molar-refractivity contribution in [1.29, 1.82) is 5.26 Å². The number of nitriles is 1. The molecule has 0 unspecified atom stereocenters. The van der Waals surface area contributed by atoms with E-state index < -0.39 is 0 Å². The van der Waals surface area contributed by atoms with Gasteiger partial charge in [-0.25, -0.2) is 4.98 Å². The van der Waals surface area contributed by atoms with Gasteiger partial charge in [-0.05, 0) is 24.6 Å². The van der Waals surface area contributed by atoms with Gasteiger partial charge in [-0.15, -0.1) is 0 Å². The van der Waals surface area contributed by atoms with Crippen molar-refractivity contribution in [3.63, 3.8) is 0 Å². The lowest BCUT2D eigenvalue weighted by Gasteiger charge is -2.10. The third-order valence-electron chi connectivity index (χ3n) is 2.81. The summed E-state index contributed by atoms with van der Waals surface area (Å²) in [4.78, 5) is 4.33. The number of aryl methyl sites for hydroxylation is 1. The van der Waals surface area contributed by atoms with E-state index in [-0.39, 0.29) is 0 Å². The predicted octanol–water partition coefficient (Wildman–Crippen LogP) is 3.54. The van der Waals surface area contributed by atoms with Crippen LogP contribution in [0.15, 0.2) is 35.1 Å². The summed E-state index contributed by atoms with van der Waals surface area (Å²) in [5, 5.41) is 12.4. The van der Waals surface area contributed by atoms with Crippen LogP contribution in [-0.4, -0.2) is 9.55 Å². The van der Waals surface area contributed by atoms with Crippen LogP contribution >= 0.6 is 15.9 Å². The van der Waals surface area contributed by atoms with Gasteiger partial charge in [0, 0.05) is 23.4 Å². The molecular weight excluding hydrogens is 304 g/mol. The van der Waals surface area contributed by atoms with Crippen molar-refractivity contribution in [1.82, 2.24) is 9.55 Å². The molecule has 0 radical (unpaired) electrons. The van der Waals surface area contributed by atoms with Gasteiger partial charge in [0.15, 0.2) is 0 Å². The van der Waals surface area contributed by atoms with Crippen LogP contribution in [0.5, 0.6) is 0 Å². The number of imidazole rings is 1. The van der Waals surface area contributed by atoms with E-state index in [9.17, 15) is 0 Å². The minimum absolute atomic E-state index is 0.614. The Labute approximate surface area is 121 Å². The molecule has 98 valence electrons. The highest BCUT2D eigenvalue weighted by Crippen LogP contribution is 2.20. The molecule has 0 atom stereocenters. The standard InChI is InChI=1S/C14H15BrN4/c1-2-6-19-7-5-17-14(19)10-18-13-4-3-12(15)8-11(13)9-16/h3-5,7-8,18H,2,6,10H2,1H3. The summed E-state index contributed by atoms with van der Waals surface area (Å²) in [5.41, 5.74) is 1.46. The lowest BCUT2D eigenvalue weighted by Crippen LogP contribution is -2.09. The number of halogens is 1. The van der Waals surface area contributed by atoms with Crippen molar-refractivity contribution in [2.75, 3.05) is 5.32 Å². The molecular formula is C14H15BrN4. The van der Waals surface area contributed by atoms with Crippen LogP contribution in [0.4, 0.5) is 5.69 Å². The second-order valence-electron chi connectivity index (χ2n) is 4.19. The molecule has 2 aromatic rings. The van der Waals surface area contributed by atoms with Crippen molar-refractivity contribution in [2.24, 2.45) is 0 Å². The smallest absolute Gasteiger partial charge is 0.128 e. The van der Waals surface area contributed by atoms with E-state index in [4.69, 9.17) is 5.26 Å². The number of hydrogen-bond donors (Lipinski definition) is 1. The zero-order chi connectivity index (χ0) is 13.7. The summed E-state index contributed by atoms with van der Waals surface area (Å²) >= 11 is 3.36. The van der Waals surface area contributed by atoms with E-state index in [1.807, 2.05) is 18.3 Å². The van der Waals surface area contributed by atoms with E-state index in [1.165, 1.54) is 0 Å². The van der Waals surface area contributed by atoms with Gasteiger partial charge < -0.3 is 9.88 Å². The molecule has 1 aromatic carbocycles. The lowest BCUT2D eigenvalue weighted by atomic mass is 10.2. The Morgan fingerprint density at radius 2 is 2.32 bits per heavy atom. The molecule has 0 fully saturated rings. The minimum Gasteiger partial charge on any atom is -0.377 e. The van der Waals surface area contributed by atoms with E-state index in [1.54, 1.807) is 12.3 Å². The summed E-state index contributed by atoms with van der Waals surface area (Å²) in [6.45, 7) is 3.71. The fraction of sp³-hybridized carbons (Fsp3) is 0.286. The fourth-order valence-corrected chi connectivity index (χ4v) is 2.25. The lowest BCUT2D eigenvalue weighted by molar-refractivity contribution is 0.644. The molecule has 1 heterocycles. The summed E-state index contributed by atoms with van der Waals surface area (Å²) in [6, 6.07) is 7.81. The third-order valence-corrected chi connectivity index (χ3v) is 3.30. The van der Waals surface area contributed by atoms with Crippen molar-refractivity contribution >= 4 is 21.6 Å². The average Bonchev–Trinajstić information content (AvgIpc) is 2.85. The van der Waals surface area contributed by atoms with Crippen LogP contribution in [0.2, 0.25) is 0 Å². The maximum Gasteiger partial charge on any atom is 0.128 e. The zero-order valence-corrected chi connectivity index (χ0v) is 12.3.